The molecule has 1 aromatic carbocycles. The van der Waals surface area contributed by atoms with Crippen molar-refractivity contribution >= 4 is 22.6 Å². The predicted octanol–water partition coefficient (Wildman–Crippen LogP) is 1.72. The van der Waals surface area contributed by atoms with E-state index in [-0.39, 0.29) is 29.1 Å². The van der Waals surface area contributed by atoms with E-state index in [1.165, 1.54) is 11.8 Å². The minimum absolute atomic E-state index is 0.189. The molecule has 1 spiro atoms. The second-order valence-electron chi connectivity index (χ2n) is 10.6. The van der Waals surface area contributed by atoms with Gasteiger partial charge in [0.25, 0.3) is 17.4 Å². The minimum Gasteiger partial charge on any atom is -0.380 e. The lowest BCUT2D eigenvalue weighted by Crippen LogP contribution is -2.56. The van der Waals surface area contributed by atoms with Crippen LogP contribution in [0.15, 0.2) is 53.6 Å². The summed E-state index contributed by atoms with van der Waals surface area (Å²) >= 11 is 0. The van der Waals surface area contributed by atoms with E-state index in [0.717, 1.165) is 5.56 Å². The molecule has 2 aromatic heterocycles. The molecule has 6 rings (SSSR count). The van der Waals surface area contributed by atoms with Crippen LogP contribution < -0.4 is 10.9 Å². The van der Waals surface area contributed by atoms with Crippen molar-refractivity contribution in [2.24, 2.45) is 0 Å². The van der Waals surface area contributed by atoms with Gasteiger partial charge in [-0.3, -0.25) is 19.4 Å². The minimum atomic E-state index is -1.36. The number of aromatic nitrogens is 2. The fourth-order valence-electron chi connectivity index (χ4n) is 6.09. The third kappa shape index (κ3) is 4.42. The number of nitrogens with one attached hydrogen (secondary N) is 2. The first kappa shape index (κ1) is 23.8. The normalized spacial score (nSPS) is 24.7. The Morgan fingerprint density at radius 2 is 1.92 bits per heavy atom. The summed E-state index contributed by atoms with van der Waals surface area (Å²) in [6.07, 6.45) is 6.48. The molecule has 37 heavy (non-hydrogen) atoms. The Hall–Kier alpha value is -3.56. The van der Waals surface area contributed by atoms with Gasteiger partial charge in [0.15, 0.2) is 0 Å². The topological polar surface area (TPSA) is 125 Å². The van der Waals surface area contributed by atoms with Crippen LogP contribution in [0.5, 0.6) is 0 Å². The van der Waals surface area contributed by atoms with Gasteiger partial charge < -0.3 is 25.0 Å². The number of carbonyl (C=O) groups is 2. The molecule has 4 heterocycles. The Morgan fingerprint density at radius 3 is 2.73 bits per heavy atom. The van der Waals surface area contributed by atoms with Crippen molar-refractivity contribution in [1.82, 2.24) is 20.2 Å². The van der Waals surface area contributed by atoms with Crippen LogP contribution in [-0.2, 0) is 22.4 Å². The van der Waals surface area contributed by atoms with Crippen molar-refractivity contribution in [2.45, 2.75) is 55.8 Å². The molecule has 192 valence electrons. The van der Waals surface area contributed by atoms with E-state index in [0.29, 0.717) is 69.0 Å². The number of fused-ring (bicyclic) bond motifs is 2. The Bertz CT molecular complexity index is 1430. The summed E-state index contributed by atoms with van der Waals surface area (Å²) in [4.78, 5) is 46.9. The molecule has 2 aliphatic heterocycles. The summed E-state index contributed by atoms with van der Waals surface area (Å²) in [5, 5.41) is 15.3. The van der Waals surface area contributed by atoms with E-state index >= 15 is 0 Å². The van der Waals surface area contributed by atoms with Gasteiger partial charge in [0.05, 0.1) is 23.6 Å². The van der Waals surface area contributed by atoms with Gasteiger partial charge in [-0.2, -0.15) is 0 Å². The molecule has 3 aromatic rings. The maximum absolute atomic E-state index is 13.3. The van der Waals surface area contributed by atoms with Crippen molar-refractivity contribution in [3.05, 3.63) is 76.0 Å². The van der Waals surface area contributed by atoms with Gasteiger partial charge in [-0.1, -0.05) is 24.3 Å². The van der Waals surface area contributed by atoms with E-state index in [1.54, 1.807) is 23.2 Å². The lowest BCUT2D eigenvalue weighted by atomic mass is 9.79. The number of aromatic amines is 1. The Kier molecular flexibility index (Phi) is 5.84. The second kappa shape index (κ2) is 9.08. The first-order chi connectivity index (χ1) is 17.8. The molecule has 2 fully saturated rings. The molecule has 0 bridgehead atoms. The first-order valence-electron chi connectivity index (χ1n) is 12.8. The Labute approximate surface area is 213 Å². The van der Waals surface area contributed by atoms with Crippen LogP contribution in [0.3, 0.4) is 0 Å². The molecule has 2 amide bonds. The SMILES string of the molecule is O=C(NC1COC2(CCN(C(=O)C3(O)CCc4ccccc4C3)CC2)C1)c1cc2ccncc2c(=O)[nH]1. The number of aliphatic hydroxyl groups is 1. The third-order valence-corrected chi connectivity index (χ3v) is 8.21. The third-order valence-electron chi connectivity index (χ3n) is 8.21. The van der Waals surface area contributed by atoms with Crippen LogP contribution in [0.1, 0.15) is 47.3 Å². The fraction of sp³-hybridized carbons (Fsp3) is 0.429. The van der Waals surface area contributed by atoms with Crippen LogP contribution in [0.2, 0.25) is 0 Å². The molecule has 9 heteroatoms. The number of nitrogens with zero attached hydrogens (tertiary/aromatic N) is 2. The predicted molar refractivity (Wildman–Crippen MR) is 136 cm³/mol. The molecule has 3 N–H and O–H groups in total. The van der Waals surface area contributed by atoms with E-state index < -0.39 is 11.2 Å². The van der Waals surface area contributed by atoms with Gasteiger partial charge >= 0.3 is 0 Å². The number of pyridine rings is 2. The van der Waals surface area contributed by atoms with Gasteiger partial charge in [0.2, 0.25) is 0 Å². The van der Waals surface area contributed by atoms with Crippen molar-refractivity contribution in [3.63, 3.8) is 0 Å². The number of hydrogen-bond acceptors (Lipinski definition) is 6. The first-order valence-corrected chi connectivity index (χ1v) is 12.8. The van der Waals surface area contributed by atoms with Crippen LogP contribution in [0.25, 0.3) is 10.8 Å². The zero-order valence-corrected chi connectivity index (χ0v) is 20.5. The van der Waals surface area contributed by atoms with E-state index in [2.05, 4.69) is 21.4 Å². The number of hydrogen-bond donors (Lipinski definition) is 3. The van der Waals surface area contributed by atoms with Crippen molar-refractivity contribution in [3.8, 4) is 0 Å². The highest BCUT2D eigenvalue weighted by Crippen LogP contribution is 2.38. The molecular formula is C28H30N4O5. The average molecular weight is 503 g/mol. The molecule has 2 unspecified atom stereocenters. The van der Waals surface area contributed by atoms with E-state index in [9.17, 15) is 19.5 Å². The molecule has 0 saturated carbocycles. The van der Waals surface area contributed by atoms with Gasteiger partial charge in [-0.15, -0.1) is 0 Å². The van der Waals surface area contributed by atoms with E-state index in [1.807, 2.05) is 18.2 Å². The number of likely N-dealkylation sites (tertiary alicyclic amines) is 1. The average Bonchev–Trinajstić information content (AvgIpc) is 3.30. The van der Waals surface area contributed by atoms with E-state index in [4.69, 9.17) is 4.74 Å². The summed E-state index contributed by atoms with van der Waals surface area (Å²) in [6.45, 7) is 1.40. The molecular weight excluding hydrogens is 472 g/mol. The number of H-pyrrole nitrogens is 1. The number of aryl methyl sites for hydroxylation is 1. The van der Waals surface area contributed by atoms with Crippen molar-refractivity contribution < 1.29 is 19.4 Å². The molecule has 2 atom stereocenters. The number of benzene rings is 1. The molecule has 1 aliphatic carbocycles. The number of rotatable bonds is 3. The summed E-state index contributed by atoms with van der Waals surface area (Å²) in [6, 6.07) is 11.2. The van der Waals surface area contributed by atoms with Crippen molar-refractivity contribution in [2.75, 3.05) is 19.7 Å². The van der Waals surface area contributed by atoms with Crippen LogP contribution in [0, 0.1) is 0 Å². The van der Waals surface area contributed by atoms with Crippen molar-refractivity contribution in [1.29, 1.82) is 0 Å². The highest BCUT2D eigenvalue weighted by Gasteiger charge is 2.47. The zero-order valence-electron chi connectivity index (χ0n) is 20.5. The zero-order chi connectivity index (χ0) is 25.6. The number of piperidine rings is 1. The lowest BCUT2D eigenvalue weighted by Gasteiger charge is -2.42. The smallest absolute Gasteiger partial charge is 0.268 e. The lowest BCUT2D eigenvalue weighted by molar-refractivity contribution is -0.157. The highest BCUT2D eigenvalue weighted by atomic mass is 16.5. The van der Waals surface area contributed by atoms with Crippen LogP contribution in [-0.4, -0.2) is 68.7 Å². The van der Waals surface area contributed by atoms with Crippen LogP contribution >= 0.6 is 0 Å². The number of ether oxygens (including phenoxy) is 1. The maximum atomic E-state index is 13.3. The number of carbonyl (C=O) groups excluding carboxylic acids is 2. The molecule has 2 saturated heterocycles. The van der Waals surface area contributed by atoms with Gasteiger partial charge in [0, 0.05) is 31.9 Å². The monoisotopic (exact) mass is 502 g/mol. The fourth-order valence-corrected chi connectivity index (χ4v) is 6.09. The Morgan fingerprint density at radius 1 is 1.14 bits per heavy atom. The maximum Gasteiger partial charge on any atom is 0.268 e. The van der Waals surface area contributed by atoms with Gasteiger partial charge in [-0.05, 0) is 60.7 Å². The Balaban J connectivity index is 1.06. The summed E-state index contributed by atoms with van der Waals surface area (Å²) in [5.74, 6) is -0.552. The highest BCUT2D eigenvalue weighted by molar-refractivity contribution is 5.96. The number of amides is 2. The molecule has 9 nitrogen and oxygen atoms in total. The molecule has 3 aliphatic rings. The van der Waals surface area contributed by atoms with Crippen LogP contribution in [0.4, 0.5) is 0 Å². The van der Waals surface area contributed by atoms with Gasteiger partial charge in [-0.25, -0.2) is 0 Å². The summed E-state index contributed by atoms with van der Waals surface area (Å²) in [5.41, 5.74) is 0.329. The largest absolute Gasteiger partial charge is 0.380 e. The second-order valence-corrected chi connectivity index (χ2v) is 10.6. The summed E-state index contributed by atoms with van der Waals surface area (Å²) < 4.78 is 6.17. The quantitative estimate of drug-likeness (QED) is 0.501. The molecule has 0 radical (unpaired) electrons. The standard InChI is InChI=1S/C28H30N4O5/c33-24-22-16-29-10-6-19(22)13-23(31-24)25(34)30-21-15-27(37-17-21)8-11-32(12-9-27)26(35)28(36)7-5-18-3-1-2-4-20(18)14-28/h1-4,6,10,13,16,21,36H,5,7-9,11-12,14-15,17H2,(H,30,34)(H,31,33). The van der Waals surface area contributed by atoms with Gasteiger partial charge in [0.1, 0.15) is 11.3 Å². The summed E-state index contributed by atoms with van der Waals surface area (Å²) in [7, 11) is 0.